The van der Waals surface area contributed by atoms with Gasteiger partial charge in [-0.25, -0.2) is 0 Å². The van der Waals surface area contributed by atoms with Gasteiger partial charge in [0.2, 0.25) is 5.91 Å². The Bertz CT molecular complexity index is 536. The SMILES string of the molecule is CCC(C)c1ccc(O)c(NC(=S)NC(=O)C(C)(C)C)c1. The average Bonchev–Trinajstić information content (AvgIpc) is 2.39. The summed E-state index contributed by atoms with van der Waals surface area (Å²) in [7, 11) is 0. The van der Waals surface area contributed by atoms with Crippen molar-refractivity contribution in [3.8, 4) is 5.75 Å². The number of rotatable bonds is 3. The molecule has 1 atom stereocenters. The van der Waals surface area contributed by atoms with Crippen molar-refractivity contribution in [2.45, 2.75) is 47.0 Å². The molecule has 1 aromatic rings. The van der Waals surface area contributed by atoms with E-state index in [1.165, 1.54) is 0 Å². The van der Waals surface area contributed by atoms with Crippen LogP contribution in [0.15, 0.2) is 18.2 Å². The maximum atomic E-state index is 11.9. The molecule has 0 spiro atoms. The van der Waals surface area contributed by atoms with Gasteiger partial charge in [-0.1, -0.05) is 40.7 Å². The Morgan fingerprint density at radius 2 is 2.00 bits per heavy atom. The molecule has 0 heterocycles. The Morgan fingerprint density at radius 3 is 2.52 bits per heavy atom. The molecular formula is C16H24N2O2S. The van der Waals surface area contributed by atoms with Crippen LogP contribution in [0.25, 0.3) is 0 Å². The molecule has 1 rings (SSSR count). The summed E-state index contributed by atoms with van der Waals surface area (Å²) >= 11 is 5.12. The van der Waals surface area contributed by atoms with Gasteiger partial charge in [-0.2, -0.15) is 0 Å². The first-order chi connectivity index (χ1) is 9.65. The van der Waals surface area contributed by atoms with Gasteiger partial charge < -0.3 is 15.7 Å². The predicted octanol–water partition coefficient (Wildman–Crippen LogP) is 3.76. The smallest absolute Gasteiger partial charge is 0.231 e. The second kappa shape index (κ2) is 6.89. The molecule has 0 saturated heterocycles. The second-order valence-electron chi connectivity index (χ2n) is 6.24. The van der Waals surface area contributed by atoms with Gasteiger partial charge in [-0.3, -0.25) is 4.79 Å². The number of amides is 1. The number of phenols is 1. The molecule has 1 aromatic carbocycles. The van der Waals surface area contributed by atoms with Gasteiger partial charge in [0.05, 0.1) is 5.69 Å². The number of thiocarbonyl (C=S) groups is 1. The topological polar surface area (TPSA) is 61.4 Å². The molecule has 0 aromatic heterocycles. The number of benzene rings is 1. The van der Waals surface area contributed by atoms with Crippen LogP contribution in [-0.4, -0.2) is 16.1 Å². The number of aromatic hydroxyl groups is 1. The lowest BCUT2D eigenvalue weighted by Crippen LogP contribution is -2.41. The fraction of sp³-hybridized carbons (Fsp3) is 0.500. The molecule has 0 aliphatic carbocycles. The van der Waals surface area contributed by atoms with E-state index in [4.69, 9.17) is 12.2 Å². The molecule has 0 aliphatic heterocycles. The first-order valence-electron chi connectivity index (χ1n) is 7.10. The number of nitrogens with one attached hydrogen (secondary N) is 2. The number of carbonyl (C=O) groups excluding carboxylic acids is 1. The van der Waals surface area contributed by atoms with Gasteiger partial charge in [-0.15, -0.1) is 0 Å². The summed E-state index contributed by atoms with van der Waals surface area (Å²) < 4.78 is 0. The Morgan fingerprint density at radius 1 is 1.38 bits per heavy atom. The maximum Gasteiger partial charge on any atom is 0.231 e. The summed E-state index contributed by atoms with van der Waals surface area (Å²) in [5, 5.41) is 15.6. The Labute approximate surface area is 131 Å². The van der Waals surface area contributed by atoms with Gasteiger partial charge in [0.1, 0.15) is 5.75 Å². The van der Waals surface area contributed by atoms with E-state index in [1.54, 1.807) is 6.07 Å². The number of hydrogen-bond acceptors (Lipinski definition) is 3. The van der Waals surface area contributed by atoms with E-state index in [0.717, 1.165) is 12.0 Å². The van der Waals surface area contributed by atoms with E-state index in [9.17, 15) is 9.90 Å². The van der Waals surface area contributed by atoms with E-state index in [-0.39, 0.29) is 16.8 Å². The van der Waals surface area contributed by atoms with E-state index in [0.29, 0.717) is 11.6 Å². The Balaban J connectivity index is 2.83. The van der Waals surface area contributed by atoms with E-state index in [2.05, 4.69) is 24.5 Å². The van der Waals surface area contributed by atoms with Crippen LogP contribution in [0.5, 0.6) is 5.75 Å². The van der Waals surface area contributed by atoms with Gasteiger partial charge >= 0.3 is 0 Å². The summed E-state index contributed by atoms with van der Waals surface area (Å²) in [5.74, 6) is 0.330. The molecule has 0 saturated carbocycles. The summed E-state index contributed by atoms with van der Waals surface area (Å²) in [6.45, 7) is 9.67. The molecule has 3 N–H and O–H groups in total. The lowest BCUT2D eigenvalue weighted by molar-refractivity contribution is -0.126. The van der Waals surface area contributed by atoms with Crippen molar-refractivity contribution in [1.82, 2.24) is 5.32 Å². The number of phenolic OH excluding ortho intramolecular Hbond substituents is 1. The summed E-state index contributed by atoms with van der Waals surface area (Å²) in [6.07, 6.45) is 1.01. The molecule has 1 amide bonds. The molecule has 0 bridgehead atoms. The van der Waals surface area contributed by atoms with Gasteiger partial charge in [0.25, 0.3) is 0 Å². The summed E-state index contributed by atoms with van der Waals surface area (Å²) in [5.41, 5.74) is 1.10. The number of anilines is 1. The van der Waals surface area contributed by atoms with E-state index < -0.39 is 5.41 Å². The highest BCUT2D eigenvalue weighted by atomic mass is 32.1. The van der Waals surface area contributed by atoms with Crippen molar-refractivity contribution in [1.29, 1.82) is 0 Å². The van der Waals surface area contributed by atoms with Gasteiger partial charge in [0.15, 0.2) is 5.11 Å². The Kier molecular flexibility index (Phi) is 5.72. The number of carbonyl (C=O) groups is 1. The van der Waals surface area contributed by atoms with Crippen molar-refractivity contribution >= 4 is 28.9 Å². The van der Waals surface area contributed by atoms with Crippen LogP contribution >= 0.6 is 12.2 Å². The number of hydrogen-bond donors (Lipinski definition) is 3. The molecule has 4 nitrogen and oxygen atoms in total. The highest BCUT2D eigenvalue weighted by molar-refractivity contribution is 7.80. The fourth-order valence-electron chi connectivity index (χ4n) is 1.64. The van der Waals surface area contributed by atoms with Gasteiger partial charge in [-0.05, 0) is 42.3 Å². The van der Waals surface area contributed by atoms with Crippen LogP contribution in [-0.2, 0) is 4.79 Å². The minimum atomic E-state index is -0.521. The van der Waals surface area contributed by atoms with E-state index >= 15 is 0 Å². The molecule has 0 radical (unpaired) electrons. The molecule has 116 valence electrons. The van der Waals surface area contributed by atoms with Crippen LogP contribution in [0.1, 0.15) is 52.5 Å². The van der Waals surface area contributed by atoms with Crippen LogP contribution in [0.4, 0.5) is 5.69 Å². The predicted molar refractivity (Wildman–Crippen MR) is 90.6 cm³/mol. The zero-order valence-corrected chi connectivity index (χ0v) is 14.1. The van der Waals surface area contributed by atoms with Crippen LogP contribution in [0.3, 0.4) is 0 Å². The minimum absolute atomic E-state index is 0.106. The lowest BCUT2D eigenvalue weighted by Gasteiger charge is -2.19. The van der Waals surface area contributed by atoms with Crippen LogP contribution < -0.4 is 10.6 Å². The summed E-state index contributed by atoms with van der Waals surface area (Å²) in [6, 6.07) is 5.39. The van der Waals surface area contributed by atoms with Gasteiger partial charge in [0, 0.05) is 5.41 Å². The summed E-state index contributed by atoms with van der Waals surface area (Å²) in [4.78, 5) is 11.9. The molecule has 0 aliphatic rings. The Hall–Kier alpha value is -1.62. The normalized spacial score (nSPS) is 12.6. The third-order valence-corrected chi connectivity index (χ3v) is 3.56. The first kappa shape index (κ1) is 17.4. The highest BCUT2D eigenvalue weighted by Crippen LogP contribution is 2.29. The third kappa shape index (κ3) is 5.01. The zero-order valence-electron chi connectivity index (χ0n) is 13.3. The quantitative estimate of drug-likeness (QED) is 0.587. The van der Waals surface area contributed by atoms with E-state index in [1.807, 2.05) is 32.9 Å². The second-order valence-corrected chi connectivity index (χ2v) is 6.65. The highest BCUT2D eigenvalue weighted by Gasteiger charge is 2.22. The average molecular weight is 308 g/mol. The van der Waals surface area contributed by atoms with Crippen molar-refractivity contribution in [3.63, 3.8) is 0 Å². The maximum absolute atomic E-state index is 11.9. The largest absolute Gasteiger partial charge is 0.506 e. The third-order valence-electron chi connectivity index (χ3n) is 3.36. The molecule has 21 heavy (non-hydrogen) atoms. The monoisotopic (exact) mass is 308 g/mol. The minimum Gasteiger partial charge on any atom is -0.506 e. The fourth-order valence-corrected chi connectivity index (χ4v) is 1.84. The lowest BCUT2D eigenvalue weighted by atomic mass is 9.96. The molecular weight excluding hydrogens is 284 g/mol. The van der Waals surface area contributed by atoms with Crippen molar-refractivity contribution in [3.05, 3.63) is 23.8 Å². The molecule has 0 fully saturated rings. The van der Waals surface area contributed by atoms with Crippen LogP contribution in [0.2, 0.25) is 0 Å². The van der Waals surface area contributed by atoms with Crippen molar-refractivity contribution in [2.24, 2.45) is 5.41 Å². The molecule has 1 unspecified atom stereocenters. The standard InChI is InChI=1S/C16H24N2O2S/c1-6-10(2)11-7-8-13(19)12(9-11)17-15(21)18-14(20)16(3,4)5/h7-10,19H,6H2,1-5H3,(H2,17,18,20,21). The van der Waals surface area contributed by atoms with Crippen molar-refractivity contribution in [2.75, 3.05) is 5.32 Å². The van der Waals surface area contributed by atoms with Crippen molar-refractivity contribution < 1.29 is 9.90 Å². The zero-order chi connectivity index (χ0) is 16.2. The first-order valence-corrected chi connectivity index (χ1v) is 7.51. The molecule has 5 heteroatoms. The van der Waals surface area contributed by atoms with Crippen LogP contribution in [0, 0.1) is 5.41 Å².